The van der Waals surface area contributed by atoms with Crippen LogP contribution in [0, 0.1) is 5.41 Å². The number of nitrogens with one attached hydrogen (secondary N) is 1. The van der Waals surface area contributed by atoms with E-state index in [0.717, 1.165) is 24.2 Å². The van der Waals surface area contributed by atoms with E-state index in [1.807, 2.05) is 31.1 Å². The standard InChI is InChI=1S/C24H33N3O4/c1-6-31-23(29)22-18(15-30-11-10-27(4)5)26-17-12-24(2,3)13-19(28)21(17)20(22)16-8-7-9-25-14-16/h7-9,14,20,26H,6,10-13,15H2,1-5H3. The van der Waals surface area contributed by atoms with Crippen LogP contribution in [0.25, 0.3) is 0 Å². The number of ether oxygens (including phenoxy) is 2. The summed E-state index contributed by atoms with van der Waals surface area (Å²) in [7, 11) is 3.97. The molecular weight excluding hydrogens is 394 g/mol. The van der Waals surface area contributed by atoms with Crippen molar-refractivity contribution >= 4 is 11.8 Å². The monoisotopic (exact) mass is 427 g/mol. The van der Waals surface area contributed by atoms with Crippen molar-refractivity contribution in [1.29, 1.82) is 0 Å². The number of dihydropyridines is 1. The summed E-state index contributed by atoms with van der Waals surface area (Å²) in [5.74, 6) is -0.888. The maximum atomic E-state index is 13.3. The number of carbonyl (C=O) groups excluding carboxylic acids is 2. The van der Waals surface area contributed by atoms with Gasteiger partial charge in [0.15, 0.2) is 5.78 Å². The fourth-order valence-electron chi connectivity index (χ4n) is 4.21. The molecule has 0 spiro atoms. The summed E-state index contributed by atoms with van der Waals surface area (Å²) in [6.07, 6.45) is 4.57. The number of aromatic nitrogens is 1. The first-order valence-electron chi connectivity index (χ1n) is 10.8. The van der Waals surface area contributed by atoms with Gasteiger partial charge < -0.3 is 19.7 Å². The van der Waals surface area contributed by atoms with E-state index in [2.05, 4.69) is 24.1 Å². The zero-order valence-electron chi connectivity index (χ0n) is 19.2. The van der Waals surface area contributed by atoms with Crippen molar-refractivity contribution in [3.63, 3.8) is 0 Å². The Labute approximate surface area is 184 Å². The third-order valence-corrected chi connectivity index (χ3v) is 5.57. The van der Waals surface area contributed by atoms with Crippen LogP contribution in [0.3, 0.4) is 0 Å². The van der Waals surface area contributed by atoms with E-state index in [0.29, 0.717) is 29.9 Å². The number of nitrogens with zero attached hydrogens (tertiary/aromatic N) is 2. The molecule has 7 nitrogen and oxygen atoms in total. The van der Waals surface area contributed by atoms with Gasteiger partial charge in [0.25, 0.3) is 0 Å². The van der Waals surface area contributed by atoms with E-state index in [4.69, 9.17) is 9.47 Å². The summed E-state index contributed by atoms with van der Waals surface area (Å²) in [5, 5.41) is 3.40. The van der Waals surface area contributed by atoms with Gasteiger partial charge in [-0.2, -0.15) is 0 Å². The highest BCUT2D eigenvalue weighted by Gasteiger charge is 2.43. The van der Waals surface area contributed by atoms with Crippen molar-refractivity contribution < 1.29 is 19.1 Å². The maximum absolute atomic E-state index is 13.3. The highest BCUT2D eigenvalue weighted by Crippen LogP contribution is 2.46. The van der Waals surface area contributed by atoms with Crippen LogP contribution in [0.1, 0.15) is 45.1 Å². The quantitative estimate of drug-likeness (QED) is 0.505. The molecule has 0 bridgehead atoms. The summed E-state index contributed by atoms with van der Waals surface area (Å²) < 4.78 is 11.3. The number of Topliss-reactive ketones (excluding diaryl/α,β-unsaturated/α-hetero) is 1. The van der Waals surface area contributed by atoms with E-state index >= 15 is 0 Å². The van der Waals surface area contributed by atoms with Gasteiger partial charge in [-0.25, -0.2) is 4.79 Å². The van der Waals surface area contributed by atoms with E-state index in [1.165, 1.54) is 0 Å². The van der Waals surface area contributed by atoms with Crippen LogP contribution >= 0.6 is 0 Å². The number of carbonyl (C=O) groups is 2. The first-order valence-corrected chi connectivity index (χ1v) is 10.8. The minimum absolute atomic E-state index is 0.0574. The number of pyridine rings is 1. The number of hydrogen-bond acceptors (Lipinski definition) is 7. The fraction of sp³-hybridized carbons (Fsp3) is 0.542. The van der Waals surface area contributed by atoms with Crippen LogP contribution in [-0.4, -0.2) is 62.1 Å². The van der Waals surface area contributed by atoms with Crippen molar-refractivity contribution in [3.8, 4) is 0 Å². The van der Waals surface area contributed by atoms with Crippen molar-refractivity contribution in [1.82, 2.24) is 15.2 Å². The van der Waals surface area contributed by atoms with Crippen LogP contribution in [-0.2, 0) is 19.1 Å². The molecule has 1 aliphatic heterocycles. The molecule has 0 radical (unpaired) electrons. The zero-order valence-corrected chi connectivity index (χ0v) is 19.2. The van der Waals surface area contributed by atoms with Gasteiger partial charge in [-0.3, -0.25) is 9.78 Å². The molecule has 1 aromatic rings. The summed E-state index contributed by atoms with van der Waals surface area (Å²) in [6.45, 7) is 7.75. The van der Waals surface area contributed by atoms with Gasteiger partial charge in [0.2, 0.25) is 0 Å². The van der Waals surface area contributed by atoms with Crippen LogP contribution < -0.4 is 5.32 Å². The lowest BCUT2D eigenvalue weighted by Crippen LogP contribution is -2.40. The Morgan fingerprint density at radius 1 is 1.32 bits per heavy atom. The van der Waals surface area contributed by atoms with Gasteiger partial charge in [0.05, 0.1) is 31.1 Å². The van der Waals surface area contributed by atoms with Crippen molar-refractivity contribution in [2.24, 2.45) is 5.41 Å². The van der Waals surface area contributed by atoms with E-state index in [1.54, 1.807) is 19.3 Å². The van der Waals surface area contributed by atoms with E-state index in [-0.39, 0.29) is 24.4 Å². The lowest BCUT2D eigenvalue weighted by molar-refractivity contribution is -0.139. The largest absolute Gasteiger partial charge is 0.463 e. The Balaban J connectivity index is 2.07. The third-order valence-electron chi connectivity index (χ3n) is 5.57. The first-order chi connectivity index (χ1) is 14.7. The molecule has 0 saturated heterocycles. The number of likely N-dealkylation sites (N-methyl/N-ethyl adjacent to an activating group) is 1. The number of ketones is 1. The summed E-state index contributed by atoms with van der Waals surface area (Å²) >= 11 is 0. The molecule has 0 saturated carbocycles. The second-order valence-corrected chi connectivity index (χ2v) is 9.15. The van der Waals surface area contributed by atoms with E-state index in [9.17, 15) is 9.59 Å². The van der Waals surface area contributed by atoms with Crippen LogP contribution in [0.4, 0.5) is 0 Å². The second-order valence-electron chi connectivity index (χ2n) is 9.15. The van der Waals surface area contributed by atoms with Gasteiger partial charge in [0.1, 0.15) is 0 Å². The molecule has 31 heavy (non-hydrogen) atoms. The Hall–Kier alpha value is -2.51. The third kappa shape index (κ3) is 5.40. The van der Waals surface area contributed by atoms with Crippen molar-refractivity contribution in [2.75, 3.05) is 40.5 Å². The fourth-order valence-corrected chi connectivity index (χ4v) is 4.21. The molecule has 1 aromatic heterocycles. The average Bonchev–Trinajstić information content (AvgIpc) is 2.69. The number of esters is 1. The first kappa shape index (κ1) is 23.2. The number of hydrogen-bond donors (Lipinski definition) is 1. The minimum atomic E-state index is -0.514. The maximum Gasteiger partial charge on any atom is 0.336 e. The Kier molecular flexibility index (Phi) is 7.28. The topological polar surface area (TPSA) is 80.8 Å². The molecule has 0 amide bonds. The molecular formula is C24H33N3O4. The van der Waals surface area contributed by atoms with Crippen molar-refractivity contribution in [3.05, 3.63) is 52.6 Å². The summed E-state index contributed by atoms with van der Waals surface area (Å²) in [6, 6.07) is 3.73. The molecule has 0 fully saturated rings. The van der Waals surface area contributed by atoms with Crippen LogP contribution in [0.15, 0.2) is 47.1 Å². The predicted octanol–water partition coefficient (Wildman–Crippen LogP) is 2.81. The Morgan fingerprint density at radius 3 is 2.74 bits per heavy atom. The van der Waals surface area contributed by atoms with Crippen molar-refractivity contribution in [2.45, 2.75) is 39.5 Å². The molecule has 1 unspecified atom stereocenters. The van der Waals surface area contributed by atoms with Gasteiger partial charge in [0, 0.05) is 42.5 Å². The molecule has 1 atom stereocenters. The second kappa shape index (κ2) is 9.75. The zero-order chi connectivity index (χ0) is 22.6. The van der Waals surface area contributed by atoms with Gasteiger partial charge in [-0.15, -0.1) is 0 Å². The van der Waals surface area contributed by atoms with Crippen LogP contribution in [0.2, 0.25) is 0 Å². The molecule has 0 aromatic carbocycles. The molecule has 1 N–H and O–H groups in total. The molecule has 1 aliphatic carbocycles. The summed E-state index contributed by atoms with van der Waals surface area (Å²) in [4.78, 5) is 32.7. The molecule has 7 heteroatoms. The smallest absolute Gasteiger partial charge is 0.336 e. The summed E-state index contributed by atoms with van der Waals surface area (Å²) in [5.41, 5.74) is 3.27. The lowest BCUT2D eigenvalue weighted by Gasteiger charge is -2.39. The average molecular weight is 428 g/mol. The molecule has 2 aliphatic rings. The molecule has 3 rings (SSSR count). The Bertz CT molecular complexity index is 887. The highest BCUT2D eigenvalue weighted by molar-refractivity contribution is 6.04. The Morgan fingerprint density at radius 2 is 2.10 bits per heavy atom. The molecule has 168 valence electrons. The van der Waals surface area contributed by atoms with E-state index < -0.39 is 11.9 Å². The minimum Gasteiger partial charge on any atom is -0.463 e. The highest BCUT2D eigenvalue weighted by atomic mass is 16.5. The lowest BCUT2D eigenvalue weighted by atomic mass is 9.69. The number of rotatable bonds is 8. The number of allylic oxidation sites excluding steroid dienone is 2. The van der Waals surface area contributed by atoms with Gasteiger partial charge in [-0.1, -0.05) is 19.9 Å². The van der Waals surface area contributed by atoms with Gasteiger partial charge in [-0.05, 0) is 44.5 Å². The predicted molar refractivity (Wildman–Crippen MR) is 118 cm³/mol. The van der Waals surface area contributed by atoms with Crippen LogP contribution in [0.5, 0.6) is 0 Å². The SMILES string of the molecule is CCOC(=O)C1=C(COCCN(C)C)NC2=C(C(=O)CC(C)(C)C2)C1c1cccnc1. The van der Waals surface area contributed by atoms with Gasteiger partial charge >= 0.3 is 5.97 Å². The normalized spacial score (nSPS) is 20.6. The molecule has 2 heterocycles.